The topological polar surface area (TPSA) is 45.2 Å². The molecule has 1 aromatic heterocycles. The Hall–Kier alpha value is -2.88. The van der Waals surface area contributed by atoms with Crippen molar-refractivity contribution in [2.75, 3.05) is 25.0 Å². The lowest BCUT2D eigenvalue weighted by molar-refractivity contribution is 0.0695. The molecule has 2 aromatic carbocycles. The number of carbonyl (C=O) groups is 1. The fraction of sp³-hybridized carbons (Fsp3) is 0.273. The third-order valence-electron chi connectivity index (χ3n) is 5.09. The molecule has 1 fully saturated rings. The van der Waals surface area contributed by atoms with Crippen molar-refractivity contribution in [3.8, 4) is 0 Å². The van der Waals surface area contributed by atoms with Crippen molar-refractivity contribution in [3.05, 3.63) is 72.3 Å². The largest absolute Gasteiger partial charge is 0.370 e. The molecule has 0 bridgehead atoms. The number of para-hydroxylation sites is 1. The molecule has 0 spiro atoms. The summed E-state index contributed by atoms with van der Waals surface area (Å²) in [6.45, 7) is 2.55. The van der Waals surface area contributed by atoms with Crippen LogP contribution < -0.4 is 5.32 Å². The molecule has 1 aliphatic heterocycles. The van der Waals surface area contributed by atoms with E-state index in [-0.39, 0.29) is 5.91 Å². The van der Waals surface area contributed by atoms with Crippen LogP contribution in [0, 0.1) is 5.92 Å². The first-order valence-corrected chi connectivity index (χ1v) is 9.23. The number of piperidine rings is 1. The molecule has 1 aliphatic rings. The number of carbonyl (C=O) groups excluding carboxylic acids is 1. The fourth-order valence-electron chi connectivity index (χ4n) is 3.52. The SMILES string of the molecule is O=C(c1ccccc1)N1CCC(CNc2ccc3ccccc3n2)CC1. The molecule has 4 heteroatoms. The minimum absolute atomic E-state index is 0.146. The van der Waals surface area contributed by atoms with E-state index in [1.165, 1.54) is 0 Å². The summed E-state index contributed by atoms with van der Waals surface area (Å²) in [6, 6.07) is 21.8. The molecule has 3 aromatic rings. The smallest absolute Gasteiger partial charge is 0.253 e. The van der Waals surface area contributed by atoms with Gasteiger partial charge in [-0.05, 0) is 49.1 Å². The first kappa shape index (κ1) is 16.6. The molecule has 0 aliphatic carbocycles. The van der Waals surface area contributed by atoms with Crippen molar-refractivity contribution in [1.29, 1.82) is 0 Å². The van der Waals surface area contributed by atoms with Crippen LogP contribution in [0.2, 0.25) is 0 Å². The van der Waals surface area contributed by atoms with E-state index in [4.69, 9.17) is 0 Å². The number of hydrogen-bond donors (Lipinski definition) is 1. The number of aromatic nitrogens is 1. The van der Waals surface area contributed by atoms with Gasteiger partial charge in [-0.25, -0.2) is 4.98 Å². The number of rotatable bonds is 4. The van der Waals surface area contributed by atoms with Crippen LogP contribution >= 0.6 is 0 Å². The van der Waals surface area contributed by atoms with E-state index in [0.717, 1.165) is 54.8 Å². The minimum Gasteiger partial charge on any atom is -0.370 e. The maximum absolute atomic E-state index is 12.5. The highest BCUT2D eigenvalue weighted by Gasteiger charge is 2.23. The number of anilines is 1. The Morgan fingerprint density at radius 1 is 0.962 bits per heavy atom. The highest BCUT2D eigenvalue weighted by molar-refractivity contribution is 5.94. The minimum atomic E-state index is 0.146. The lowest BCUT2D eigenvalue weighted by atomic mass is 9.96. The summed E-state index contributed by atoms with van der Waals surface area (Å²) in [5.41, 5.74) is 1.80. The van der Waals surface area contributed by atoms with Crippen LogP contribution in [0.25, 0.3) is 10.9 Å². The molecule has 0 atom stereocenters. The first-order chi connectivity index (χ1) is 12.8. The predicted molar refractivity (Wildman–Crippen MR) is 105 cm³/mol. The molecule has 26 heavy (non-hydrogen) atoms. The summed E-state index contributed by atoms with van der Waals surface area (Å²) in [5, 5.41) is 4.63. The van der Waals surface area contributed by atoms with E-state index < -0.39 is 0 Å². The summed E-state index contributed by atoms with van der Waals surface area (Å²) in [4.78, 5) is 19.1. The summed E-state index contributed by atoms with van der Waals surface area (Å²) in [6.07, 6.45) is 2.05. The Labute approximate surface area is 153 Å². The Morgan fingerprint density at radius 3 is 2.50 bits per heavy atom. The molecule has 4 nitrogen and oxygen atoms in total. The number of benzene rings is 2. The van der Waals surface area contributed by atoms with Crippen LogP contribution in [0.4, 0.5) is 5.82 Å². The third kappa shape index (κ3) is 3.69. The number of pyridine rings is 1. The van der Waals surface area contributed by atoms with E-state index in [1.54, 1.807) is 0 Å². The first-order valence-electron chi connectivity index (χ1n) is 9.23. The van der Waals surface area contributed by atoms with Gasteiger partial charge < -0.3 is 10.2 Å². The highest BCUT2D eigenvalue weighted by Crippen LogP contribution is 2.20. The summed E-state index contributed by atoms with van der Waals surface area (Å²) >= 11 is 0. The van der Waals surface area contributed by atoms with E-state index in [9.17, 15) is 4.79 Å². The molecule has 2 heterocycles. The number of hydrogen-bond acceptors (Lipinski definition) is 3. The van der Waals surface area contributed by atoms with Crippen molar-refractivity contribution in [3.63, 3.8) is 0 Å². The molecule has 0 saturated carbocycles. The standard InChI is InChI=1S/C22H23N3O/c26-22(19-7-2-1-3-8-19)25-14-12-17(13-15-25)16-23-21-11-10-18-6-4-5-9-20(18)24-21/h1-11,17H,12-16H2,(H,23,24). The van der Waals surface area contributed by atoms with Gasteiger partial charge in [0.05, 0.1) is 5.52 Å². The highest BCUT2D eigenvalue weighted by atomic mass is 16.2. The third-order valence-corrected chi connectivity index (χ3v) is 5.09. The van der Waals surface area contributed by atoms with Crippen molar-refractivity contribution in [2.45, 2.75) is 12.8 Å². The van der Waals surface area contributed by atoms with Crippen LogP contribution in [-0.4, -0.2) is 35.4 Å². The molecular weight excluding hydrogens is 322 g/mol. The zero-order valence-corrected chi connectivity index (χ0v) is 14.8. The van der Waals surface area contributed by atoms with Gasteiger partial charge in [-0.15, -0.1) is 0 Å². The average molecular weight is 345 g/mol. The van der Waals surface area contributed by atoms with Crippen LogP contribution in [0.1, 0.15) is 23.2 Å². The van der Waals surface area contributed by atoms with Gasteiger partial charge in [0.15, 0.2) is 0 Å². The predicted octanol–water partition coefficient (Wildman–Crippen LogP) is 4.20. The van der Waals surface area contributed by atoms with Gasteiger partial charge in [0, 0.05) is 30.6 Å². The molecule has 4 rings (SSSR count). The lowest BCUT2D eigenvalue weighted by Crippen LogP contribution is -2.39. The van der Waals surface area contributed by atoms with Crippen molar-refractivity contribution in [2.24, 2.45) is 5.92 Å². The fourth-order valence-corrected chi connectivity index (χ4v) is 3.52. The van der Waals surface area contributed by atoms with Crippen molar-refractivity contribution < 1.29 is 4.79 Å². The molecule has 132 valence electrons. The molecule has 0 radical (unpaired) electrons. The Balaban J connectivity index is 1.30. The maximum atomic E-state index is 12.5. The molecular formula is C22H23N3O. The van der Waals surface area contributed by atoms with Crippen molar-refractivity contribution in [1.82, 2.24) is 9.88 Å². The van der Waals surface area contributed by atoms with Crippen LogP contribution in [0.5, 0.6) is 0 Å². The molecule has 0 unspecified atom stereocenters. The van der Waals surface area contributed by atoms with Gasteiger partial charge >= 0.3 is 0 Å². The lowest BCUT2D eigenvalue weighted by Gasteiger charge is -2.32. The number of fused-ring (bicyclic) bond motifs is 1. The molecule has 1 amide bonds. The van der Waals surface area contributed by atoms with Gasteiger partial charge in [-0.1, -0.05) is 36.4 Å². The molecule has 1 saturated heterocycles. The number of nitrogens with zero attached hydrogens (tertiary/aromatic N) is 2. The van der Waals surface area contributed by atoms with E-state index in [0.29, 0.717) is 5.92 Å². The quantitative estimate of drug-likeness (QED) is 0.771. The monoisotopic (exact) mass is 345 g/mol. The Bertz CT molecular complexity index is 886. The summed E-state index contributed by atoms with van der Waals surface area (Å²) in [7, 11) is 0. The Morgan fingerprint density at radius 2 is 1.69 bits per heavy atom. The molecule has 1 N–H and O–H groups in total. The second kappa shape index (κ2) is 7.56. The summed E-state index contributed by atoms with van der Waals surface area (Å²) < 4.78 is 0. The number of nitrogens with one attached hydrogen (secondary N) is 1. The Kier molecular flexibility index (Phi) is 4.82. The normalized spacial score (nSPS) is 15.2. The van der Waals surface area contributed by atoms with E-state index >= 15 is 0 Å². The van der Waals surface area contributed by atoms with Gasteiger partial charge in [-0.3, -0.25) is 4.79 Å². The summed E-state index contributed by atoms with van der Waals surface area (Å²) in [5.74, 6) is 1.64. The number of likely N-dealkylation sites (tertiary alicyclic amines) is 1. The average Bonchev–Trinajstić information content (AvgIpc) is 2.72. The van der Waals surface area contributed by atoms with Gasteiger partial charge in [0.1, 0.15) is 5.82 Å². The second-order valence-electron chi connectivity index (χ2n) is 6.87. The van der Waals surface area contributed by atoms with Crippen LogP contribution in [0.15, 0.2) is 66.7 Å². The van der Waals surface area contributed by atoms with Crippen LogP contribution in [-0.2, 0) is 0 Å². The van der Waals surface area contributed by atoms with E-state index in [2.05, 4.69) is 22.4 Å². The van der Waals surface area contributed by atoms with Gasteiger partial charge in [0.25, 0.3) is 5.91 Å². The maximum Gasteiger partial charge on any atom is 0.253 e. The van der Waals surface area contributed by atoms with E-state index in [1.807, 2.05) is 59.5 Å². The number of amides is 1. The van der Waals surface area contributed by atoms with Crippen LogP contribution in [0.3, 0.4) is 0 Å². The second-order valence-corrected chi connectivity index (χ2v) is 6.87. The zero-order chi connectivity index (χ0) is 17.8. The van der Waals surface area contributed by atoms with Crippen molar-refractivity contribution >= 4 is 22.6 Å². The van der Waals surface area contributed by atoms with Gasteiger partial charge in [-0.2, -0.15) is 0 Å². The zero-order valence-electron chi connectivity index (χ0n) is 14.8. The van der Waals surface area contributed by atoms with Gasteiger partial charge in [0.2, 0.25) is 0 Å².